The predicted octanol–water partition coefficient (Wildman–Crippen LogP) is 3.33. The van der Waals surface area contributed by atoms with Gasteiger partial charge in [-0.1, -0.05) is 36.4 Å². The number of hydrogen-bond acceptors (Lipinski definition) is 3. The van der Waals surface area contributed by atoms with E-state index >= 15 is 0 Å². The molecule has 8 heteroatoms. The van der Waals surface area contributed by atoms with Crippen molar-refractivity contribution >= 4 is 10.0 Å². The lowest BCUT2D eigenvalue weighted by molar-refractivity contribution is -0.139. The van der Waals surface area contributed by atoms with Crippen molar-refractivity contribution in [1.82, 2.24) is 4.72 Å². The molecule has 0 atom stereocenters. The third-order valence-electron chi connectivity index (χ3n) is 3.25. The van der Waals surface area contributed by atoms with Crippen molar-refractivity contribution in [3.05, 3.63) is 65.2 Å². The number of hydrogen-bond donors (Lipinski definition) is 1. The van der Waals surface area contributed by atoms with E-state index in [9.17, 15) is 21.6 Å². The number of alkyl halides is 3. The molecule has 0 radical (unpaired) electrons. The molecule has 2 aromatic carbocycles. The lowest BCUT2D eigenvalue weighted by Crippen LogP contribution is -2.26. The number of halogens is 3. The van der Waals surface area contributed by atoms with Gasteiger partial charge in [-0.3, -0.25) is 0 Å². The Morgan fingerprint density at radius 2 is 1.71 bits per heavy atom. The van der Waals surface area contributed by atoms with Crippen molar-refractivity contribution in [2.75, 3.05) is 7.11 Å². The summed E-state index contributed by atoms with van der Waals surface area (Å²) < 4.78 is 70.6. The van der Waals surface area contributed by atoms with E-state index in [2.05, 4.69) is 4.72 Å². The molecule has 0 saturated heterocycles. The minimum Gasteiger partial charge on any atom is -0.380 e. The van der Waals surface area contributed by atoms with Gasteiger partial charge < -0.3 is 4.74 Å². The van der Waals surface area contributed by atoms with Crippen LogP contribution in [0.2, 0.25) is 0 Å². The molecule has 2 aromatic rings. The average molecular weight is 359 g/mol. The largest absolute Gasteiger partial charge is 0.417 e. The second kappa shape index (κ2) is 7.33. The van der Waals surface area contributed by atoms with Crippen molar-refractivity contribution in [1.29, 1.82) is 0 Å². The molecule has 0 heterocycles. The highest BCUT2D eigenvalue weighted by Gasteiger charge is 2.36. The lowest BCUT2D eigenvalue weighted by Gasteiger charge is -2.14. The third kappa shape index (κ3) is 4.56. The molecule has 4 nitrogen and oxygen atoms in total. The van der Waals surface area contributed by atoms with Crippen LogP contribution in [-0.4, -0.2) is 15.5 Å². The van der Waals surface area contributed by atoms with E-state index in [1.54, 1.807) is 24.3 Å². The van der Waals surface area contributed by atoms with Gasteiger partial charge in [0.2, 0.25) is 10.0 Å². The molecule has 0 aliphatic heterocycles. The van der Waals surface area contributed by atoms with Crippen LogP contribution in [-0.2, 0) is 34.1 Å². The fraction of sp³-hybridized carbons (Fsp3) is 0.250. The zero-order chi connectivity index (χ0) is 17.8. The summed E-state index contributed by atoms with van der Waals surface area (Å²) in [4.78, 5) is -0.787. The maximum Gasteiger partial charge on any atom is 0.417 e. The topological polar surface area (TPSA) is 55.4 Å². The lowest BCUT2D eigenvalue weighted by atomic mass is 10.1. The Morgan fingerprint density at radius 1 is 1.04 bits per heavy atom. The SMILES string of the molecule is COCc1cccc(CNS(=O)(=O)c2ccccc2C(F)(F)F)c1. The second-order valence-corrected chi connectivity index (χ2v) is 6.81. The Kier molecular flexibility index (Phi) is 5.63. The summed E-state index contributed by atoms with van der Waals surface area (Å²) in [6.45, 7) is 0.240. The van der Waals surface area contributed by atoms with Crippen LogP contribution < -0.4 is 4.72 Å². The summed E-state index contributed by atoms with van der Waals surface area (Å²) in [5, 5.41) is 0. The predicted molar refractivity (Wildman–Crippen MR) is 82.6 cm³/mol. The van der Waals surface area contributed by atoms with Crippen LogP contribution in [0.1, 0.15) is 16.7 Å². The standard InChI is InChI=1S/C16H16F3NO3S/c1-23-11-13-6-4-5-12(9-13)10-20-24(21,22)15-8-3-2-7-14(15)16(17,18)19/h2-9,20H,10-11H2,1H3. The summed E-state index contributed by atoms with van der Waals surface area (Å²) in [5.41, 5.74) is 0.271. The van der Waals surface area contributed by atoms with Crippen molar-refractivity contribution in [3.63, 3.8) is 0 Å². The minimum atomic E-state index is -4.75. The van der Waals surface area contributed by atoms with Crippen LogP contribution in [0.25, 0.3) is 0 Å². The summed E-state index contributed by atoms with van der Waals surface area (Å²) in [5.74, 6) is 0. The van der Waals surface area contributed by atoms with Gasteiger partial charge in [0.25, 0.3) is 0 Å². The fourth-order valence-electron chi connectivity index (χ4n) is 2.19. The summed E-state index contributed by atoms with van der Waals surface area (Å²) >= 11 is 0. The van der Waals surface area contributed by atoms with Gasteiger partial charge in [0, 0.05) is 13.7 Å². The van der Waals surface area contributed by atoms with Crippen LogP contribution in [0.3, 0.4) is 0 Å². The highest BCUT2D eigenvalue weighted by atomic mass is 32.2. The minimum absolute atomic E-state index is 0.119. The molecule has 0 fully saturated rings. The molecular formula is C16H16F3NO3S. The number of benzene rings is 2. The Morgan fingerprint density at radius 3 is 2.38 bits per heavy atom. The Hall–Kier alpha value is -1.90. The number of methoxy groups -OCH3 is 1. The maximum atomic E-state index is 13.0. The molecule has 24 heavy (non-hydrogen) atoms. The quantitative estimate of drug-likeness (QED) is 0.861. The molecule has 0 bridgehead atoms. The van der Waals surface area contributed by atoms with Crippen LogP contribution in [0.4, 0.5) is 13.2 Å². The van der Waals surface area contributed by atoms with E-state index < -0.39 is 26.7 Å². The monoisotopic (exact) mass is 359 g/mol. The number of ether oxygens (including phenoxy) is 1. The third-order valence-corrected chi connectivity index (χ3v) is 4.71. The van der Waals surface area contributed by atoms with Crippen molar-refractivity contribution in [2.45, 2.75) is 24.2 Å². The van der Waals surface area contributed by atoms with Gasteiger partial charge in [0.1, 0.15) is 0 Å². The first kappa shape index (κ1) is 18.4. The van der Waals surface area contributed by atoms with Gasteiger partial charge in [-0.25, -0.2) is 13.1 Å². The van der Waals surface area contributed by atoms with Gasteiger partial charge in [-0.15, -0.1) is 0 Å². The molecule has 0 spiro atoms. The summed E-state index contributed by atoms with van der Waals surface area (Å²) in [7, 11) is -2.77. The van der Waals surface area contributed by atoms with Crippen LogP contribution in [0, 0.1) is 0 Å². The fourth-order valence-corrected chi connectivity index (χ4v) is 3.43. The molecular weight excluding hydrogens is 343 g/mol. The smallest absolute Gasteiger partial charge is 0.380 e. The maximum absolute atomic E-state index is 13.0. The summed E-state index contributed by atoms with van der Waals surface area (Å²) in [6.07, 6.45) is -4.75. The first-order valence-corrected chi connectivity index (χ1v) is 8.45. The van der Waals surface area contributed by atoms with Gasteiger partial charge in [0.15, 0.2) is 0 Å². The molecule has 0 amide bonds. The van der Waals surface area contributed by atoms with Crippen LogP contribution in [0.5, 0.6) is 0 Å². The van der Waals surface area contributed by atoms with Crippen molar-refractivity contribution in [2.24, 2.45) is 0 Å². The highest BCUT2D eigenvalue weighted by molar-refractivity contribution is 7.89. The van der Waals surface area contributed by atoms with E-state index in [4.69, 9.17) is 4.74 Å². The van der Waals surface area contributed by atoms with Crippen LogP contribution >= 0.6 is 0 Å². The zero-order valence-corrected chi connectivity index (χ0v) is 13.6. The van der Waals surface area contributed by atoms with Gasteiger partial charge >= 0.3 is 6.18 Å². The first-order valence-electron chi connectivity index (χ1n) is 6.96. The van der Waals surface area contributed by atoms with E-state index in [1.165, 1.54) is 13.2 Å². The average Bonchev–Trinajstić information content (AvgIpc) is 2.53. The molecule has 0 unspecified atom stereocenters. The number of sulfonamides is 1. The number of rotatable bonds is 6. The molecule has 0 saturated carbocycles. The van der Waals surface area contributed by atoms with E-state index in [0.29, 0.717) is 12.2 Å². The summed E-state index contributed by atoms with van der Waals surface area (Å²) in [6, 6.07) is 11.0. The Balaban J connectivity index is 2.23. The molecule has 0 aromatic heterocycles. The molecule has 1 N–H and O–H groups in total. The van der Waals surface area contributed by atoms with E-state index in [-0.39, 0.29) is 6.54 Å². The van der Waals surface area contributed by atoms with Crippen molar-refractivity contribution in [3.8, 4) is 0 Å². The molecule has 0 aliphatic carbocycles. The highest BCUT2D eigenvalue weighted by Crippen LogP contribution is 2.33. The number of nitrogens with one attached hydrogen (secondary N) is 1. The Labute approximate surface area is 138 Å². The molecule has 2 rings (SSSR count). The van der Waals surface area contributed by atoms with Crippen molar-refractivity contribution < 1.29 is 26.3 Å². The normalized spacial score (nSPS) is 12.3. The van der Waals surface area contributed by atoms with E-state index in [0.717, 1.165) is 23.8 Å². The van der Waals surface area contributed by atoms with Gasteiger partial charge in [0.05, 0.1) is 17.1 Å². The zero-order valence-electron chi connectivity index (χ0n) is 12.8. The van der Waals surface area contributed by atoms with Gasteiger partial charge in [-0.05, 0) is 23.3 Å². The van der Waals surface area contributed by atoms with Crippen LogP contribution in [0.15, 0.2) is 53.4 Å². The van der Waals surface area contributed by atoms with E-state index in [1.807, 2.05) is 0 Å². The molecule has 0 aliphatic rings. The molecule has 130 valence electrons. The Bertz CT molecular complexity index is 804. The second-order valence-electron chi connectivity index (χ2n) is 5.07. The first-order chi connectivity index (χ1) is 11.2. The van der Waals surface area contributed by atoms with Gasteiger partial charge in [-0.2, -0.15) is 13.2 Å².